The predicted molar refractivity (Wildman–Crippen MR) is 127 cm³/mol. The average molecular weight is 460 g/mol. The lowest BCUT2D eigenvalue weighted by Gasteiger charge is -2.48. The predicted octanol–water partition coefficient (Wildman–Crippen LogP) is 2.42. The van der Waals surface area contributed by atoms with Gasteiger partial charge in [-0.3, -0.25) is 28.8 Å². The summed E-state index contributed by atoms with van der Waals surface area (Å²) < 4.78 is 3.15. The monoisotopic (exact) mass is 459 g/mol. The Kier molecular flexibility index (Phi) is 4.93. The van der Waals surface area contributed by atoms with Gasteiger partial charge in [0, 0.05) is 13.5 Å². The lowest BCUT2D eigenvalue weighted by Crippen LogP contribution is -2.63. The van der Waals surface area contributed by atoms with Crippen LogP contribution in [-0.4, -0.2) is 44.2 Å². The second kappa shape index (κ2) is 7.72. The van der Waals surface area contributed by atoms with Gasteiger partial charge in [0.2, 0.25) is 11.8 Å². The molecule has 34 heavy (non-hydrogen) atoms. The summed E-state index contributed by atoms with van der Waals surface area (Å²) in [5.41, 5.74) is 1.06. The van der Waals surface area contributed by atoms with Gasteiger partial charge < -0.3 is 10.2 Å². The molecule has 5 rings (SSSR count). The van der Waals surface area contributed by atoms with E-state index in [2.05, 4.69) is 5.32 Å². The standard InChI is InChI=1S/C25H25N5O4/c1-16-22(24(34)30(27(16)3)17-9-5-4-6-10-17)26-20(31)15-28-23(33)18-11-7-8-12-19(18)29-21(32)13-14-25(28,29)2/h4-12H,13-15H2,1-3H3,(H,26,31). The van der Waals surface area contributed by atoms with Gasteiger partial charge in [0.15, 0.2) is 0 Å². The SMILES string of the molecule is Cc1c(NC(=O)CN2C(=O)c3ccccc3N3C(=O)CCC23C)c(=O)n(-c2ccccc2)n1C. The molecule has 0 spiro atoms. The smallest absolute Gasteiger partial charge is 0.295 e. The van der Waals surface area contributed by atoms with Gasteiger partial charge in [0.1, 0.15) is 17.9 Å². The van der Waals surface area contributed by atoms with Crippen molar-refractivity contribution < 1.29 is 14.4 Å². The van der Waals surface area contributed by atoms with Crippen molar-refractivity contribution in [3.05, 3.63) is 76.2 Å². The summed E-state index contributed by atoms with van der Waals surface area (Å²) in [7, 11) is 1.74. The Morgan fingerprint density at radius 2 is 1.71 bits per heavy atom. The number of rotatable bonds is 4. The highest BCUT2D eigenvalue weighted by atomic mass is 16.2. The number of para-hydroxylation sites is 2. The second-order valence-electron chi connectivity index (χ2n) is 8.84. The van der Waals surface area contributed by atoms with Gasteiger partial charge in [-0.1, -0.05) is 30.3 Å². The Morgan fingerprint density at radius 1 is 1.03 bits per heavy atom. The Labute approximate surface area is 196 Å². The number of hydrogen-bond acceptors (Lipinski definition) is 4. The normalized spacial score (nSPS) is 19.3. The minimum Gasteiger partial charge on any atom is -0.318 e. The van der Waals surface area contributed by atoms with Gasteiger partial charge in [0.25, 0.3) is 11.5 Å². The fourth-order valence-corrected chi connectivity index (χ4v) is 4.98. The van der Waals surface area contributed by atoms with Crippen LogP contribution >= 0.6 is 0 Å². The summed E-state index contributed by atoms with van der Waals surface area (Å²) in [4.78, 5) is 55.4. The summed E-state index contributed by atoms with van der Waals surface area (Å²) in [6.45, 7) is 3.26. The van der Waals surface area contributed by atoms with Crippen molar-refractivity contribution in [2.24, 2.45) is 7.05 Å². The summed E-state index contributed by atoms with van der Waals surface area (Å²) in [6.07, 6.45) is 0.709. The molecule has 0 bridgehead atoms. The van der Waals surface area contributed by atoms with E-state index in [9.17, 15) is 19.2 Å². The van der Waals surface area contributed by atoms with Crippen LogP contribution in [-0.2, 0) is 16.6 Å². The molecule has 3 heterocycles. The van der Waals surface area contributed by atoms with Crippen molar-refractivity contribution in [2.75, 3.05) is 16.8 Å². The average Bonchev–Trinajstić information content (AvgIpc) is 3.25. The second-order valence-corrected chi connectivity index (χ2v) is 8.84. The van der Waals surface area contributed by atoms with Crippen molar-refractivity contribution in [1.29, 1.82) is 0 Å². The first-order valence-corrected chi connectivity index (χ1v) is 11.1. The maximum Gasteiger partial charge on any atom is 0.295 e. The van der Waals surface area contributed by atoms with Crippen molar-refractivity contribution in [3.63, 3.8) is 0 Å². The molecular weight excluding hydrogens is 434 g/mol. The van der Waals surface area contributed by atoms with Gasteiger partial charge in [-0.2, -0.15) is 0 Å². The highest BCUT2D eigenvalue weighted by molar-refractivity contribution is 6.11. The molecule has 3 aromatic rings. The molecule has 2 aliphatic heterocycles. The van der Waals surface area contributed by atoms with Crippen LogP contribution in [0.25, 0.3) is 5.69 Å². The van der Waals surface area contributed by atoms with Crippen LogP contribution in [0.5, 0.6) is 0 Å². The Bertz CT molecular complexity index is 1390. The molecule has 1 saturated heterocycles. The molecule has 2 aliphatic rings. The van der Waals surface area contributed by atoms with Gasteiger partial charge in [-0.05, 0) is 44.5 Å². The molecule has 174 valence electrons. The number of aromatic nitrogens is 2. The molecule has 0 radical (unpaired) electrons. The maximum absolute atomic E-state index is 13.4. The topological polar surface area (TPSA) is 96.7 Å². The third-order valence-electron chi connectivity index (χ3n) is 6.87. The Hall–Kier alpha value is -4.14. The number of nitrogens with one attached hydrogen (secondary N) is 1. The molecule has 9 heteroatoms. The first-order valence-electron chi connectivity index (χ1n) is 11.1. The minimum absolute atomic E-state index is 0.0856. The number of amides is 3. The Morgan fingerprint density at radius 3 is 2.44 bits per heavy atom. The molecule has 9 nitrogen and oxygen atoms in total. The van der Waals surface area contributed by atoms with Crippen LogP contribution < -0.4 is 15.8 Å². The molecule has 1 atom stereocenters. The summed E-state index contributed by atoms with van der Waals surface area (Å²) in [5.74, 6) is -0.901. The number of benzene rings is 2. The van der Waals surface area contributed by atoms with E-state index in [-0.39, 0.29) is 36.0 Å². The van der Waals surface area contributed by atoms with Gasteiger partial charge >= 0.3 is 0 Å². The van der Waals surface area contributed by atoms with E-state index in [4.69, 9.17) is 0 Å². The van der Waals surface area contributed by atoms with Crippen molar-refractivity contribution in [2.45, 2.75) is 32.4 Å². The summed E-state index contributed by atoms with van der Waals surface area (Å²) >= 11 is 0. The zero-order valence-electron chi connectivity index (χ0n) is 19.2. The van der Waals surface area contributed by atoms with E-state index in [0.717, 1.165) is 0 Å². The number of fused-ring (bicyclic) bond motifs is 3. The molecule has 1 unspecified atom stereocenters. The quantitative estimate of drug-likeness (QED) is 0.648. The van der Waals surface area contributed by atoms with Crippen LogP contribution in [0.4, 0.5) is 11.4 Å². The number of carbonyl (C=O) groups excluding carboxylic acids is 3. The molecule has 2 aromatic carbocycles. The zero-order chi connectivity index (χ0) is 24.2. The first-order chi connectivity index (χ1) is 16.2. The minimum atomic E-state index is -0.949. The maximum atomic E-state index is 13.4. The summed E-state index contributed by atoms with van der Waals surface area (Å²) in [5, 5.41) is 2.72. The van der Waals surface area contributed by atoms with Gasteiger partial charge in [-0.25, -0.2) is 4.68 Å². The lowest BCUT2D eigenvalue weighted by molar-refractivity contribution is -0.120. The van der Waals surface area contributed by atoms with Crippen molar-refractivity contribution >= 4 is 29.1 Å². The van der Waals surface area contributed by atoms with E-state index in [1.165, 1.54) is 9.58 Å². The molecule has 0 aliphatic carbocycles. The lowest BCUT2D eigenvalue weighted by atomic mass is 9.98. The van der Waals surface area contributed by atoms with Gasteiger partial charge in [-0.15, -0.1) is 0 Å². The molecule has 3 amide bonds. The molecule has 0 saturated carbocycles. The van der Waals surface area contributed by atoms with Crippen LogP contribution in [0.1, 0.15) is 35.8 Å². The molecule has 1 fully saturated rings. The van der Waals surface area contributed by atoms with Crippen molar-refractivity contribution in [1.82, 2.24) is 14.3 Å². The fourth-order valence-electron chi connectivity index (χ4n) is 4.98. The van der Waals surface area contributed by atoms with E-state index in [1.54, 1.807) is 54.7 Å². The number of hydrogen-bond donors (Lipinski definition) is 1. The number of nitrogens with zero attached hydrogens (tertiary/aromatic N) is 4. The molecule has 1 aromatic heterocycles. The van der Waals surface area contributed by atoms with Crippen molar-refractivity contribution in [3.8, 4) is 5.69 Å². The van der Waals surface area contributed by atoms with E-state index >= 15 is 0 Å². The fraction of sp³-hybridized carbons (Fsp3) is 0.280. The van der Waals surface area contributed by atoms with Crippen LogP contribution in [0.2, 0.25) is 0 Å². The van der Waals surface area contributed by atoms with E-state index in [1.807, 2.05) is 30.3 Å². The summed E-state index contributed by atoms with van der Waals surface area (Å²) in [6, 6.07) is 16.1. The third-order valence-corrected chi connectivity index (χ3v) is 6.87. The number of anilines is 2. The van der Waals surface area contributed by atoms with E-state index in [0.29, 0.717) is 29.1 Å². The van der Waals surface area contributed by atoms with Gasteiger partial charge in [0.05, 0.1) is 22.6 Å². The molecule has 1 N–H and O–H groups in total. The van der Waals surface area contributed by atoms with Crippen LogP contribution in [0.3, 0.4) is 0 Å². The highest BCUT2D eigenvalue weighted by Crippen LogP contribution is 2.43. The largest absolute Gasteiger partial charge is 0.318 e. The number of carbonyl (C=O) groups is 3. The first kappa shape index (κ1) is 21.7. The highest BCUT2D eigenvalue weighted by Gasteiger charge is 2.53. The molecular formula is C25H25N5O4. The van der Waals surface area contributed by atoms with Crippen LogP contribution in [0, 0.1) is 6.92 Å². The van der Waals surface area contributed by atoms with E-state index < -0.39 is 11.6 Å². The zero-order valence-corrected chi connectivity index (χ0v) is 19.2. The Balaban J connectivity index is 1.46. The third kappa shape index (κ3) is 3.07. The van der Waals surface area contributed by atoms with Crippen LogP contribution in [0.15, 0.2) is 59.4 Å².